The summed E-state index contributed by atoms with van der Waals surface area (Å²) in [6.45, 7) is 0.605. The number of halogens is 1. The molecule has 2 amide bonds. The molecule has 3 fully saturated rings. The summed E-state index contributed by atoms with van der Waals surface area (Å²) in [5.74, 6) is 0.221. The number of fused-ring (bicyclic) bond motifs is 3. The van der Waals surface area contributed by atoms with Crippen LogP contribution in [0.1, 0.15) is 81.0 Å². The van der Waals surface area contributed by atoms with E-state index in [2.05, 4.69) is 32.5 Å². The van der Waals surface area contributed by atoms with Gasteiger partial charge in [0.1, 0.15) is 11.5 Å². The fourth-order valence-corrected chi connectivity index (χ4v) is 7.13. The zero-order valence-electron chi connectivity index (χ0n) is 23.5. The molecule has 214 valence electrons. The van der Waals surface area contributed by atoms with Crippen molar-refractivity contribution in [2.45, 2.75) is 94.8 Å². The average Bonchev–Trinajstić information content (AvgIpc) is 3.06. The van der Waals surface area contributed by atoms with E-state index < -0.39 is 5.82 Å². The molecule has 1 aromatic carbocycles. The molecule has 40 heavy (non-hydrogen) atoms. The molecule has 1 unspecified atom stereocenters. The molecular formula is C30H40FN7O2. The van der Waals surface area contributed by atoms with Crippen LogP contribution in [0.4, 0.5) is 27.5 Å². The number of anilines is 4. The number of hydrogen-bond acceptors (Lipinski definition) is 7. The van der Waals surface area contributed by atoms with Crippen molar-refractivity contribution in [1.29, 1.82) is 0 Å². The fourth-order valence-electron chi connectivity index (χ4n) is 7.13. The third-order valence-electron chi connectivity index (χ3n) is 9.49. The van der Waals surface area contributed by atoms with E-state index in [-0.39, 0.29) is 29.5 Å². The second-order valence-corrected chi connectivity index (χ2v) is 12.0. The highest BCUT2D eigenvalue weighted by atomic mass is 19.1. The Morgan fingerprint density at radius 2 is 1.73 bits per heavy atom. The Hall–Kier alpha value is -3.27. The van der Waals surface area contributed by atoms with Gasteiger partial charge >= 0.3 is 0 Å². The topological polar surface area (TPSA) is 93.7 Å². The molecule has 0 spiro atoms. The predicted octanol–water partition coefficient (Wildman–Crippen LogP) is 4.61. The van der Waals surface area contributed by atoms with Crippen LogP contribution in [0.25, 0.3) is 0 Å². The minimum absolute atomic E-state index is 0.0345. The Labute approximate surface area is 235 Å². The van der Waals surface area contributed by atoms with Crippen LogP contribution < -0.4 is 20.4 Å². The maximum atomic E-state index is 15.2. The SMILES string of the molecule is CN1C(=O)CCN(C2CCCCC2)c2nc(Nc3ccc(C(=O)NC4C[C@H]5CCC[C@@H](C4)N5C)cc3F)ncc21. The number of piperidine rings is 2. The molecule has 2 bridgehead atoms. The summed E-state index contributed by atoms with van der Waals surface area (Å²) in [5.41, 5.74) is 1.18. The van der Waals surface area contributed by atoms with Crippen molar-refractivity contribution in [3.8, 4) is 0 Å². The summed E-state index contributed by atoms with van der Waals surface area (Å²) >= 11 is 0. The first-order valence-corrected chi connectivity index (χ1v) is 14.9. The summed E-state index contributed by atoms with van der Waals surface area (Å²) in [6.07, 6.45) is 13.2. The van der Waals surface area contributed by atoms with Crippen LogP contribution in [0, 0.1) is 5.82 Å². The Balaban J connectivity index is 1.17. The lowest BCUT2D eigenvalue weighted by atomic mass is 9.82. The van der Waals surface area contributed by atoms with Crippen molar-refractivity contribution in [2.75, 3.05) is 35.8 Å². The van der Waals surface area contributed by atoms with E-state index >= 15 is 4.39 Å². The highest BCUT2D eigenvalue weighted by Crippen LogP contribution is 2.36. The van der Waals surface area contributed by atoms with Gasteiger partial charge in [-0.25, -0.2) is 9.37 Å². The number of rotatable bonds is 5. The molecule has 3 atom stereocenters. The molecule has 3 aliphatic heterocycles. The van der Waals surface area contributed by atoms with Crippen LogP contribution in [0.3, 0.4) is 0 Å². The maximum Gasteiger partial charge on any atom is 0.251 e. The van der Waals surface area contributed by atoms with Gasteiger partial charge in [0.05, 0.1) is 11.9 Å². The quantitative estimate of drug-likeness (QED) is 0.563. The molecule has 2 aromatic rings. The molecule has 9 nitrogen and oxygen atoms in total. The van der Waals surface area contributed by atoms with Crippen LogP contribution >= 0.6 is 0 Å². The molecule has 2 N–H and O–H groups in total. The lowest BCUT2D eigenvalue weighted by molar-refractivity contribution is -0.118. The number of hydrogen-bond donors (Lipinski definition) is 2. The minimum Gasteiger partial charge on any atom is -0.351 e. The van der Waals surface area contributed by atoms with E-state index in [1.54, 1.807) is 30.3 Å². The van der Waals surface area contributed by atoms with Gasteiger partial charge in [0.2, 0.25) is 11.9 Å². The first-order valence-electron chi connectivity index (χ1n) is 14.9. The number of benzene rings is 1. The normalized spacial score (nSPS) is 25.8. The summed E-state index contributed by atoms with van der Waals surface area (Å²) in [4.78, 5) is 41.2. The lowest BCUT2D eigenvalue weighted by Gasteiger charge is -2.47. The van der Waals surface area contributed by atoms with Crippen LogP contribution in [-0.4, -0.2) is 71.5 Å². The first kappa shape index (κ1) is 26.9. The van der Waals surface area contributed by atoms with Crippen molar-refractivity contribution in [3.63, 3.8) is 0 Å². The van der Waals surface area contributed by atoms with Gasteiger partial charge in [-0.05, 0) is 63.8 Å². The molecule has 4 aliphatic rings. The van der Waals surface area contributed by atoms with E-state index in [4.69, 9.17) is 4.98 Å². The molecule has 1 aromatic heterocycles. The smallest absolute Gasteiger partial charge is 0.251 e. The molecule has 4 heterocycles. The van der Waals surface area contributed by atoms with Crippen molar-refractivity contribution in [2.24, 2.45) is 0 Å². The summed E-state index contributed by atoms with van der Waals surface area (Å²) < 4.78 is 15.2. The zero-order valence-corrected chi connectivity index (χ0v) is 23.5. The van der Waals surface area contributed by atoms with Crippen molar-refractivity contribution < 1.29 is 14.0 Å². The number of aromatic nitrogens is 2. The van der Waals surface area contributed by atoms with Gasteiger partial charge in [-0.15, -0.1) is 0 Å². The van der Waals surface area contributed by atoms with Crippen molar-refractivity contribution in [1.82, 2.24) is 20.2 Å². The predicted molar refractivity (Wildman–Crippen MR) is 154 cm³/mol. The molecule has 1 saturated carbocycles. The first-order chi connectivity index (χ1) is 19.4. The van der Waals surface area contributed by atoms with Gasteiger partial charge in [0.15, 0.2) is 5.82 Å². The number of carbonyl (C=O) groups excluding carboxylic acids is 2. The maximum absolute atomic E-state index is 15.2. The number of carbonyl (C=O) groups is 2. The summed E-state index contributed by atoms with van der Waals surface area (Å²) in [6, 6.07) is 5.94. The van der Waals surface area contributed by atoms with Crippen LogP contribution in [0.15, 0.2) is 24.4 Å². The second-order valence-electron chi connectivity index (χ2n) is 12.0. The average molecular weight is 550 g/mol. The molecule has 2 saturated heterocycles. The lowest BCUT2D eigenvalue weighted by Crippen LogP contribution is -2.55. The standard InChI is InChI=1S/C30H40FN7O2/c1-36-22-9-6-10-23(36)17-20(16-22)33-29(40)19-11-12-25(24(31)15-19)34-30-32-18-26-28(35-30)38(14-13-27(39)37(26)2)21-7-4-3-5-8-21/h11-12,15,18,20-23H,3-10,13-14,16-17H2,1-2H3,(H,33,40)(H,32,34,35)/t20?,22-,23+. The second kappa shape index (κ2) is 11.3. The van der Waals surface area contributed by atoms with E-state index in [1.165, 1.54) is 44.6 Å². The van der Waals surface area contributed by atoms with E-state index in [9.17, 15) is 9.59 Å². The monoisotopic (exact) mass is 549 g/mol. The number of nitrogens with zero attached hydrogens (tertiary/aromatic N) is 5. The van der Waals surface area contributed by atoms with E-state index in [1.807, 2.05) is 0 Å². The van der Waals surface area contributed by atoms with Crippen molar-refractivity contribution in [3.05, 3.63) is 35.8 Å². The third-order valence-corrected chi connectivity index (χ3v) is 9.49. The molecule has 1 aliphatic carbocycles. The molecule has 10 heteroatoms. The van der Waals surface area contributed by atoms with Gasteiger partial charge in [-0.1, -0.05) is 25.7 Å². The van der Waals surface area contributed by atoms with Gasteiger partial charge in [0, 0.05) is 49.7 Å². The van der Waals surface area contributed by atoms with E-state index in [0.29, 0.717) is 48.2 Å². The van der Waals surface area contributed by atoms with Gasteiger partial charge in [-0.3, -0.25) is 9.59 Å². The molecule has 6 rings (SSSR count). The van der Waals surface area contributed by atoms with Gasteiger partial charge < -0.3 is 25.3 Å². The van der Waals surface area contributed by atoms with Crippen LogP contribution in [0.2, 0.25) is 0 Å². The Morgan fingerprint density at radius 3 is 2.45 bits per heavy atom. The fraction of sp³-hybridized carbons (Fsp3) is 0.600. The summed E-state index contributed by atoms with van der Waals surface area (Å²) in [5, 5.41) is 6.16. The van der Waals surface area contributed by atoms with Gasteiger partial charge in [0.25, 0.3) is 5.91 Å². The molecule has 0 radical (unpaired) electrons. The highest BCUT2D eigenvalue weighted by Gasteiger charge is 2.36. The van der Waals surface area contributed by atoms with Crippen LogP contribution in [-0.2, 0) is 4.79 Å². The Kier molecular flexibility index (Phi) is 7.61. The number of nitrogens with one attached hydrogen (secondary N) is 2. The minimum atomic E-state index is -0.539. The third kappa shape index (κ3) is 5.38. The highest BCUT2D eigenvalue weighted by molar-refractivity contribution is 5.97. The zero-order chi connectivity index (χ0) is 27.8. The molecular weight excluding hydrogens is 509 g/mol. The van der Waals surface area contributed by atoms with Crippen LogP contribution in [0.5, 0.6) is 0 Å². The Morgan fingerprint density at radius 1 is 1.00 bits per heavy atom. The van der Waals surface area contributed by atoms with Gasteiger partial charge in [-0.2, -0.15) is 4.98 Å². The Bertz CT molecular complexity index is 1250. The summed E-state index contributed by atoms with van der Waals surface area (Å²) in [7, 11) is 3.94. The van der Waals surface area contributed by atoms with Crippen molar-refractivity contribution >= 4 is 35.0 Å². The van der Waals surface area contributed by atoms with E-state index in [0.717, 1.165) is 25.7 Å². The number of amides is 2. The largest absolute Gasteiger partial charge is 0.351 e.